The monoisotopic (exact) mass is 543 g/mol. The van der Waals surface area contributed by atoms with Gasteiger partial charge >= 0.3 is 0 Å². The van der Waals surface area contributed by atoms with E-state index in [-0.39, 0.29) is 17.3 Å². The molecule has 2 amide bonds. The number of hydrogen-bond acceptors (Lipinski definition) is 5. The number of amides is 2. The average Bonchev–Trinajstić information content (AvgIpc) is 2.90. The first kappa shape index (κ1) is 28.0. The van der Waals surface area contributed by atoms with E-state index in [9.17, 15) is 18.0 Å². The van der Waals surface area contributed by atoms with Gasteiger partial charge in [-0.25, -0.2) is 8.42 Å². The molecule has 0 aromatic heterocycles. The van der Waals surface area contributed by atoms with Gasteiger partial charge in [-0.15, -0.1) is 0 Å². The van der Waals surface area contributed by atoms with Crippen molar-refractivity contribution in [1.82, 2.24) is 10.2 Å². The van der Waals surface area contributed by atoms with E-state index in [1.807, 2.05) is 0 Å². The van der Waals surface area contributed by atoms with E-state index in [1.165, 1.54) is 31.2 Å². The van der Waals surface area contributed by atoms with Crippen molar-refractivity contribution in [1.29, 1.82) is 0 Å². The van der Waals surface area contributed by atoms with Gasteiger partial charge in [0.15, 0.2) is 0 Å². The fourth-order valence-corrected chi connectivity index (χ4v) is 5.62. The number of nitrogens with one attached hydrogen (secondary N) is 1. The van der Waals surface area contributed by atoms with Crippen molar-refractivity contribution in [3.05, 3.63) is 88.9 Å². The summed E-state index contributed by atoms with van der Waals surface area (Å²) in [6.45, 7) is 2.87. The number of methoxy groups -OCH3 is 1. The van der Waals surface area contributed by atoms with E-state index < -0.39 is 28.5 Å². The molecule has 0 bridgehead atoms. The van der Waals surface area contributed by atoms with Crippen LogP contribution in [0.5, 0.6) is 5.75 Å². The van der Waals surface area contributed by atoms with E-state index >= 15 is 0 Å². The highest BCUT2D eigenvalue weighted by Gasteiger charge is 2.33. The molecule has 10 heteroatoms. The first-order valence-electron chi connectivity index (χ1n) is 11.6. The lowest BCUT2D eigenvalue weighted by molar-refractivity contribution is -0.139. The lowest BCUT2D eigenvalue weighted by atomic mass is 10.1. The number of anilines is 1. The van der Waals surface area contributed by atoms with E-state index in [2.05, 4.69) is 5.32 Å². The standard InChI is InChI=1S/C27H30ClN3O5S/c1-19-15-22(28)13-14-25(19)31(37(34,35)24-11-6-5-7-12-24)18-26(32)30(20(2)27(33)29-3)17-21-9-8-10-23(16-21)36-4/h5-16,20H,17-18H2,1-4H3,(H,29,33). The third kappa shape index (κ3) is 6.61. The number of nitrogens with zero attached hydrogens (tertiary/aromatic N) is 2. The smallest absolute Gasteiger partial charge is 0.264 e. The number of ether oxygens (including phenoxy) is 1. The van der Waals surface area contributed by atoms with Crippen LogP contribution < -0.4 is 14.4 Å². The van der Waals surface area contributed by atoms with E-state index in [0.717, 1.165) is 9.87 Å². The van der Waals surface area contributed by atoms with Crippen LogP contribution in [0, 0.1) is 6.92 Å². The molecule has 0 saturated heterocycles. The predicted octanol–water partition coefficient (Wildman–Crippen LogP) is 4.02. The molecule has 3 aromatic rings. The molecule has 0 aliphatic carbocycles. The summed E-state index contributed by atoms with van der Waals surface area (Å²) in [5, 5.41) is 3.00. The molecule has 3 aromatic carbocycles. The quantitative estimate of drug-likeness (QED) is 0.417. The molecule has 196 valence electrons. The maximum atomic E-state index is 13.8. The van der Waals surface area contributed by atoms with Crippen LogP contribution in [0.15, 0.2) is 77.7 Å². The zero-order valence-corrected chi connectivity index (χ0v) is 22.7. The zero-order valence-electron chi connectivity index (χ0n) is 21.1. The van der Waals surface area contributed by atoms with Crippen LogP contribution in [0.1, 0.15) is 18.1 Å². The highest BCUT2D eigenvalue weighted by atomic mass is 35.5. The highest BCUT2D eigenvalue weighted by Crippen LogP contribution is 2.29. The maximum absolute atomic E-state index is 13.8. The summed E-state index contributed by atoms with van der Waals surface area (Å²) in [5.41, 5.74) is 1.62. The number of sulfonamides is 1. The fourth-order valence-electron chi connectivity index (χ4n) is 3.89. The molecule has 1 N–H and O–H groups in total. The number of carbonyl (C=O) groups is 2. The van der Waals surface area contributed by atoms with Gasteiger partial charge in [0.05, 0.1) is 17.7 Å². The Hall–Kier alpha value is -3.56. The predicted molar refractivity (Wildman–Crippen MR) is 144 cm³/mol. The number of carbonyl (C=O) groups excluding carboxylic acids is 2. The maximum Gasteiger partial charge on any atom is 0.264 e. The van der Waals surface area contributed by atoms with Crippen LogP contribution in [-0.4, -0.2) is 51.9 Å². The Morgan fingerprint density at radius 3 is 2.35 bits per heavy atom. The van der Waals surface area contributed by atoms with Gasteiger partial charge in [0, 0.05) is 18.6 Å². The van der Waals surface area contributed by atoms with Crippen molar-refractivity contribution in [2.75, 3.05) is 25.0 Å². The Morgan fingerprint density at radius 1 is 1.03 bits per heavy atom. The molecule has 0 radical (unpaired) electrons. The number of halogens is 1. The van der Waals surface area contributed by atoms with Gasteiger partial charge in [0.25, 0.3) is 10.0 Å². The van der Waals surface area contributed by atoms with Gasteiger partial charge in [-0.3, -0.25) is 13.9 Å². The van der Waals surface area contributed by atoms with Crippen LogP contribution in [-0.2, 0) is 26.2 Å². The second-order valence-electron chi connectivity index (χ2n) is 8.42. The molecule has 0 aliphatic rings. The Bertz CT molecular complexity index is 1370. The molecule has 3 rings (SSSR count). The molecule has 1 unspecified atom stereocenters. The fraction of sp³-hybridized carbons (Fsp3) is 0.259. The van der Waals surface area contributed by atoms with Crippen LogP contribution in [0.2, 0.25) is 5.02 Å². The Labute approximate surface area is 222 Å². The molecule has 1 atom stereocenters. The largest absolute Gasteiger partial charge is 0.497 e. The average molecular weight is 544 g/mol. The summed E-state index contributed by atoms with van der Waals surface area (Å²) in [4.78, 5) is 27.7. The van der Waals surface area contributed by atoms with Crippen molar-refractivity contribution in [2.45, 2.75) is 31.3 Å². The zero-order chi connectivity index (χ0) is 27.2. The third-order valence-electron chi connectivity index (χ3n) is 5.94. The summed E-state index contributed by atoms with van der Waals surface area (Å²) in [6.07, 6.45) is 0. The lowest BCUT2D eigenvalue weighted by Crippen LogP contribution is -2.50. The lowest BCUT2D eigenvalue weighted by Gasteiger charge is -2.32. The van der Waals surface area contributed by atoms with Gasteiger partial charge in [-0.1, -0.05) is 41.9 Å². The normalized spacial score (nSPS) is 11.9. The molecule has 0 spiro atoms. The molecular weight excluding hydrogens is 514 g/mol. The molecule has 37 heavy (non-hydrogen) atoms. The molecule has 0 aliphatic heterocycles. The number of hydrogen-bond donors (Lipinski definition) is 1. The van der Waals surface area contributed by atoms with Crippen LogP contribution in [0.25, 0.3) is 0 Å². The summed E-state index contributed by atoms with van der Waals surface area (Å²) >= 11 is 6.12. The van der Waals surface area contributed by atoms with Gasteiger partial charge in [0.1, 0.15) is 18.3 Å². The van der Waals surface area contributed by atoms with Crippen molar-refractivity contribution in [2.24, 2.45) is 0 Å². The van der Waals surface area contributed by atoms with Gasteiger partial charge in [-0.05, 0) is 67.4 Å². The van der Waals surface area contributed by atoms with E-state index in [1.54, 1.807) is 74.5 Å². The summed E-state index contributed by atoms with van der Waals surface area (Å²) < 4.78 is 33.9. The molecule has 8 nitrogen and oxygen atoms in total. The Balaban J connectivity index is 2.06. The van der Waals surface area contributed by atoms with Crippen molar-refractivity contribution in [3.63, 3.8) is 0 Å². The second kappa shape index (κ2) is 12.1. The second-order valence-corrected chi connectivity index (χ2v) is 10.7. The van der Waals surface area contributed by atoms with Crippen LogP contribution in [0.4, 0.5) is 5.69 Å². The van der Waals surface area contributed by atoms with Gasteiger partial charge in [-0.2, -0.15) is 0 Å². The minimum absolute atomic E-state index is 0.0378. The molecule has 0 heterocycles. The highest BCUT2D eigenvalue weighted by molar-refractivity contribution is 7.92. The van der Waals surface area contributed by atoms with Crippen molar-refractivity contribution >= 4 is 39.1 Å². The summed E-state index contributed by atoms with van der Waals surface area (Å²) in [6, 6.07) is 18.9. The van der Waals surface area contributed by atoms with Crippen LogP contribution in [0.3, 0.4) is 0 Å². The SMILES string of the molecule is CNC(=O)C(C)N(Cc1cccc(OC)c1)C(=O)CN(c1ccc(Cl)cc1C)S(=O)(=O)c1ccccc1. The molecule has 0 fully saturated rings. The first-order chi connectivity index (χ1) is 17.6. The van der Waals surface area contributed by atoms with Gasteiger partial charge < -0.3 is 15.0 Å². The van der Waals surface area contributed by atoms with E-state index in [4.69, 9.17) is 16.3 Å². The number of benzene rings is 3. The Morgan fingerprint density at radius 2 is 1.73 bits per heavy atom. The minimum atomic E-state index is -4.13. The summed E-state index contributed by atoms with van der Waals surface area (Å²) in [5.74, 6) is -0.327. The van der Waals surface area contributed by atoms with Crippen molar-refractivity contribution < 1.29 is 22.7 Å². The topological polar surface area (TPSA) is 96.0 Å². The van der Waals surface area contributed by atoms with E-state index in [0.29, 0.717) is 22.0 Å². The molecule has 0 saturated carbocycles. The number of aryl methyl sites for hydroxylation is 1. The first-order valence-corrected chi connectivity index (χ1v) is 13.4. The third-order valence-corrected chi connectivity index (χ3v) is 7.95. The summed E-state index contributed by atoms with van der Waals surface area (Å²) in [7, 11) is -1.11. The van der Waals surface area contributed by atoms with Crippen LogP contribution >= 0.6 is 11.6 Å². The van der Waals surface area contributed by atoms with Gasteiger partial charge in [0.2, 0.25) is 11.8 Å². The number of rotatable bonds is 10. The van der Waals surface area contributed by atoms with Crippen molar-refractivity contribution in [3.8, 4) is 5.75 Å². The number of likely N-dealkylation sites (N-methyl/N-ethyl adjacent to an activating group) is 1. The Kier molecular flexibility index (Phi) is 9.18. The minimum Gasteiger partial charge on any atom is -0.497 e. The molecular formula is C27H30ClN3O5S.